The van der Waals surface area contributed by atoms with Crippen molar-refractivity contribution in [2.45, 2.75) is 103 Å². The van der Waals surface area contributed by atoms with Gasteiger partial charge in [0, 0.05) is 33.5 Å². The van der Waals surface area contributed by atoms with E-state index in [1.165, 1.54) is 38.2 Å². The molecule has 5 amide bonds. The number of rotatable bonds is 18. The number of likely N-dealkylation sites (tertiary alicyclic amines) is 1. The molecule has 1 aromatic rings. The molecule has 0 unspecified atom stereocenters. The second-order valence-corrected chi connectivity index (χ2v) is 15.4. The molecule has 15 nitrogen and oxygen atoms in total. The monoisotopic (exact) mass is 779 g/mol. The second kappa shape index (κ2) is 19.4. The summed E-state index contributed by atoms with van der Waals surface area (Å²) in [5, 5.41) is 13.3. The van der Waals surface area contributed by atoms with Crippen LogP contribution < -0.4 is 15.4 Å². The Bertz CT molecular complexity index is 1540. The number of nitrogens with zero attached hydrogens (tertiary/aromatic N) is 2. The van der Waals surface area contributed by atoms with E-state index in [2.05, 4.69) is 5.32 Å². The number of hydrogen-bond donors (Lipinski definition) is 4. The predicted molar refractivity (Wildman–Crippen MR) is 188 cm³/mol. The van der Waals surface area contributed by atoms with E-state index in [4.69, 9.17) is 9.47 Å². The van der Waals surface area contributed by atoms with E-state index in [1.54, 1.807) is 31.1 Å². The Morgan fingerprint density at radius 2 is 1.64 bits per heavy atom. The highest BCUT2D eigenvalue weighted by Gasteiger charge is 2.43. The highest BCUT2D eigenvalue weighted by molar-refractivity contribution is 7.89. The van der Waals surface area contributed by atoms with Gasteiger partial charge in [0.2, 0.25) is 27.7 Å². The number of halogens is 3. The van der Waals surface area contributed by atoms with Crippen molar-refractivity contribution < 1.29 is 60.1 Å². The Morgan fingerprint density at radius 3 is 2.13 bits per heavy atom. The number of methoxy groups -OCH3 is 2. The first-order chi connectivity index (χ1) is 24.6. The lowest BCUT2D eigenvalue weighted by atomic mass is 9.89. The van der Waals surface area contributed by atoms with Crippen molar-refractivity contribution in [1.82, 2.24) is 19.8 Å². The molecule has 0 aromatic heterocycles. The number of likely N-dealkylation sites (N-methyl/N-ethyl adjacent to an activating group) is 1. The Morgan fingerprint density at radius 1 is 1.04 bits per heavy atom. The number of hydrogen-bond acceptors (Lipinski definition) is 9. The lowest BCUT2D eigenvalue weighted by Crippen LogP contribution is -2.57. The predicted octanol–water partition coefficient (Wildman–Crippen LogP) is 3.35. The van der Waals surface area contributed by atoms with E-state index in [9.17, 15) is 50.7 Å². The first-order valence-electron chi connectivity index (χ1n) is 17.2. The minimum absolute atomic E-state index is 0.132. The van der Waals surface area contributed by atoms with Crippen LogP contribution >= 0.6 is 0 Å². The average Bonchev–Trinajstić information content (AvgIpc) is 3.56. The van der Waals surface area contributed by atoms with Crippen LogP contribution in [0.3, 0.4) is 0 Å². The number of alkyl halides is 3. The van der Waals surface area contributed by atoms with Gasteiger partial charge < -0.3 is 35.0 Å². The van der Waals surface area contributed by atoms with Crippen LogP contribution in [0.4, 0.5) is 23.7 Å². The highest BCUT2D eigenvalue weighted by atomic mass is 32.2. The SMILES string of the molecule is CC[C@H](C)[C@@H]([C@@H](CC(=O)N1CCC[C@H]1[C@H](OC)[C@@H](C)C(=O)NS(=O)(=O)Cc1ccc(NC(=O)C(F)(F)F)cc1)OC)N(C)C(=O)[C@@H](NC(=O)O)C(C)C. The molecule has 0 aliphatic carbocycles. The molecule has 0 bridgehead atoms. The van der Waals surface area contributed by atoms with Gasteiger partial charge in [-0.05, 0) is 42.4 Å². The lowest BCUT2D eigenvalue weighted by Gasteiger charge is -2.40. The molecule has 53 heavy (non-hydrogen) atoms. The Labute approximate surface area is 308 Å². The molecule has 4 N–H and O–H groups in total. The van der Waals surface area contributed by atoms with Gasteiger partial charge in [-0.25, -0.2) is 13.2 Å². The number of benzene rings is 1. The van der Waals surface area contributed by atoms with E-state index in [-0.39, 0.29) is 35.4 Å². The molecular formula is C34H52F3N5O10S. The van der Waals surface area contributed by atoms with Crippen molar-refractivity contribution in [3.8, 4) is 0 Å². The van der Waals surface area contributed by atoms with Crippen LogP contribution in [0.5, 0.6) is 0 Å². The van der Waals surface area contributed by atoms with Gasteiger partial charge in [-0.3, -0.25) is 23.9 Å². The standard InChI is InChI=1S/C34H52F3N5O10S/c1-9-20(4)28(41(6)31(45)27(19(2)3)39-33(47)48)25(51-7)17-26(43)42-16-10-11-24(42)29(52-8)21(5)30(44)40-53(49,50)18-22-12-14-23(15-13-22)38-32(46)34(35,36)37/h12-15,19-21,24-25,27-29,39H,9-11,16-18H2,1-8H3,(H,38,46)(H,40,44)(H,47,48)/t20-,21+,24-,25+,27-,28-,29+/m0/s1. The van der Waals surface area contributed by atoms with Gasteiger partial charge in [-0.15, -0.1) is 0 Å². The Balaban J connectivity index is 2.19. The van der Waals surface area contributed by atoms with Crippen LogP contribution in [-0.4, -0.2) is 117 Å². The third-order valence-electron chi connectivity index (χ3n) is 9.55. The number of carbonyl (C=O) groups is 5. The van der Waals surface area contributed by atoms with Crippen molar-refractivity contribution in [3.05, 3.63) is 29.8 Å². The van der Waals surface area contributed by atoms with Crippen molar-refractivity contribution in [2.75, 3.05) is 33.1 Å². The topological polar surface area (TPSA) is 201 Å². The summed E-state index contributed by atoms with van der Waals surface area (Å²) in [6, 6.07) is 2.34. The summed E-state index contributed by atoms with van der Waals surface area (Å²) in [4.78, 5) is 66.3. The molecule has 19 heteroatoms. The molecule has 0 radical (unpaired) electrons. The molecule has 1 saturated heterocycles. The molecule has 0 spiro atoms. The summed E-state index contributed by atoms with van der Waals surface area (Å²) in [6.07, 6.45) is -6.65. The zero-order chi connectivity index (χ0) is 40.4. The number of nitrogens with one attached hydrogen (secondary N) is 3. The summed E-state index contributed by atoms with van der Waals surface area (Å²) in [6.45, 7) is 9.05. The zero-order valence-corrected chi connectivity index (χ0v) is 32.0. The molecule has 1 aliphatic rings. The van der Waals surface area contributed by atoms with Crippen molar-refractivity contribution >= 4 is 45.4 Å². The first-order valence-corrected chi connectivity index (χ1v) is 18.9. The number of carboxylic acid groups (broad SMARTS) is 1. The normalized spacial score (nSPS) is 18.3. The van der Waals surface area contributed by atoms with E-state index in [1.807, 2.05) is 18.6 Å². The quantitative estimate of drug-likeness (QED) is 0.171. The number of carbonyl (C=O) groups excluding carboxylic acids is 4. The minimum atomic E-state index is -5.10. The molecule has 1 aromatic carbocycles. The Kier molecular flexibility index (Phi) is 16.5. The summed E-state index contributed by atoms with van der Waals surface area (Å²) in [5.74, 6) is -6.15. The van der Waals surface area contributed by atoms with Gasteiger partial charge >= 0.3 is 18.2 Å². The Hall–Kier alpha value is -3.97. The minimum Gasteiger partial charge on any atom is -0.465 e. The van der Waals surface area contributed by atoms with Crippen molar-refractivity contribution in [2.24, 2.45) is 17.8 Å². The fourth-order valence-electron chi connectivity index (χ4n) is 6.56. The maximum absolute atomic E-state index is 13.9. The third kappa shape index (κ3) is 12.6. The fraction of sp³-hybridized carbons (Fsp3) is 0.676. The van der Waals surface area contributed by atoms with Gasteiger partial charge in [-0.2, -0.15) is 13.2 Å². The summed E-state index contributed by atoms with van der Waals surface area (Å²) in [7, 11) is 0.0242. The highest BCUT2D eigenvalue weighted by Crippen LogP contribution is 2.30. The maximum Gasteiger partial charge on any atom is 0.471 e. The van der Waals surface area contributed by atoms with Crippen LogP contribution in [0, 0.1) is 17.8 Å². The van der Waals surface area contributed by atoms with Gasteiger partial charge in [-0.1, -0.05) is 53.2 Å². The van der Waals surface area contributed by atoms with Gasteiger partial charge in [0.15, 0.2) is 0 Å². The van der Waals surface area contributed by atoms with E-state index >= 15 is 0 Å². The molecule has 0 saturated carbocycles. The largest absolute Gasteiger partial charge is 0.471 e. The van der Waals surface area contributed by atoms with Crippen LogP contribution in [0.15, 0.2) is 24.3 Å². The number of amides is 5. The third-order valence-corrected chi connectivity index (χ3v) is 10.8. The van der Waals surface area contributed by atoms with Gasteiger partial charge in [0.05, 0.1) is 42.4 Å². The molecule has 2 rings (SSSR count). The summed E-state index contributed by atoms with van der Waals surface area (Å²) in [5.41, 5.74) is -0.0716. The van der Waals surface area contributed by atoms with Gasteiger partial charge in [0.25, 0.3) is 0 Å². The molecular weight excluding hydrogens is 727 g/mol. The van der Waals surface area contributed by atoms with E-state index in [0.29, 0.717) is 25.8 Å². The molecule has 1 heterocycles. The van der Waals surface area contributed by atoms with Crippen LogP contribution in [0.25, 0.3) is 0 Å². The first kappa shape index (κ1) is 45.2. The van der Waals surface area contributed by atoms with Crippen LogP contribution in [-0.2, 0) is 44.4 Å². The van der Waals surface area contributed by atoms with Crippen molar-refractivity contribution in [1.29, 1.82) is 0 Å². The summed E-state index contributed by atoms with van der Waals surface area (Å²) < 4.78 is 76.9. The smallest absolute Gasteiger partial charge is 0.465 e. The maximum atomic E-state index is 13.9. The van der Waals surface area contributed by atoms with E-state index in [0.717, 1.165) is 12.1 Å². The fourth-order valence-corrected chi connectivity index (χ4v) is 7.76. The molecule has 300 valence electrons. The second-order valence-electron chi connectivity index (χ2n) is 13.6. The lowest BCUT2D eigenvalue weighted by molar-refractivity contribution is -0.167. The van der Waals surface area contributed by atoms with Crippen molar-refractivity contribution in [3.63, 3.8) is 0 Å². The van der Waals surface area contributed by atoms with E-state index < -0.39 is 82.0 Å². The molecule has 7 atom stereocenters. The average molecular weight is 780 g/mol. The number of sulfonamides is 1. The van der Waals surface area contributed by atoms with Gasteiger partial charge in [0.1, 0.15) is 6.04 Å². The van der Waals surface area contributed by atoms with Crippen LogP contribution in [0.1, 0.15) is 65.9 Å². The molecule has 1 aliphatic heterocycles. The summed E-state index contributed by atoms with van der Waals surface area (Å²) >= 11 is 0. The van der Waals surface area contributed by atoms with Crippen LogP contribution in [0.2, 0.25) is 0 Å². The number of ether oxygens (including phenoxy) is 2. The number of anilines is 1. The zero-order valence-electron chi connectivity index (χ0n) is 31.2. The molecule has 1 fully saturated rings.